The lowest BCUT2D eigenvalue weighted by atomic mass is 9.90. The lowest BCUT2D eigenvalue weighted by Gasteiger charge is -2.19. The first-order valence-corrected chi connectivity index (χ1v) is 12.4. The van der Waals surface area contributed by atoms with Crippen molar-refractivity contribution in [3.8, 4) is 5.69 Å². The number of anilines is 2. The lowest BCUT2D eigenvalue weighted by molar-refractivity contribution is 1.02. The van der Waals surface area contributed by atoms with E-state index in [9.17, 15) is 0 Å². The van der Waals surface area contributed by atoms with E-state index >= 15 is 0 Å². The number of rotatable bonds is 2. The Hall–Kier alpha value is -4.02. The van der Waals surface area contributed by atoms with Crippen molar-refractivity contribution in [1.29, 1.82) is 0 Å². The first-order valence-electron chi connectivity index (χ1n) is 11.6. The minimum absolute atomic E-state index is 0.778. The largest absolute Gasteiger partial charge is 0.399 e. The van der Waals surface area contributed by atoms with Gasteiger partial charge in [0.15, 0.2) is 0 Å². The summed E-state index contributed by atoms with van der Waals surface area (Å²) in [6.07, 6.45) is 4.44. The molecule has 0 spiro atoms. The first kappa shape index (κ1) is 19.4. The highest BCUT2D eigenvalue weighted by Crippen LogP contribution is 2.42. The van der Waals surface area contributed by atoms with Gasteiger partial charge >= 0.3 is 0 Å². The van der Waals surface area contributed by atoms with E-state index < -0.39 is 0 Å². The number of aryl methyl sites for hydroxylation is 1. The summed E-state index contributed by atoms with van der Waals surface area (Å²) in [7, 11) is 0. The topological polar surface area (TPSA) is 57.0 Å². The van der Waals surface area contributed by atoms with E-state index in [1.54, 1.807) is 0 Å². The summed E-state index contributed by atoms with van der Waals surface area (Å²) < 4.78 is 3.65. The van der Waals surface area contributed by atoms with Crippen molar-refractivity contribution in [2.24, 2.45) is 0 Å². The molecule has 0 aliphatic heterocycles. The smallest absolute Gasteiger partial charge is 0.0561 e. The van der Waals surface area contributed by atoms with Gasteiger partial charge in [-0.2, -0.15) is 0 Å². The van der Waals surface area contributed by atoms with E-state index in [1.807, 2.05) is 23.5 Å². The minimum Gasteiger partial charge on any atom is -0.399 e. The summed E-state index contributed by atoms with van der Waals surface area (Å²) in [4.78, 5) is 1.35. The van der Waals surface area contributed by atoms with Crippen molar-refractivity contribution in [2.45, 2.75) is 12.8 Å². The minimum atomic E-state index is 0.778. The number of nitrogens with zero attached hydrogens (tertiary/aromatic N) is 1. The Bertz CT molecular complexity index is 1780. The third kappa shape index (κ3) is 2.82. The number of nitrogen functional groups attached to an aromatic ring is 2. The average Bonchev–Trinajstić information content (AvgIpc) is 3.37. The molecule has 0 fully saturated rings. The van der Waals surface area contributed by atoms with Gasteiger partial charge in [-0.05, 0) is 71.8 Å². The van der Waals surface area contributed by atoms with Crippen LogP contribution in [0.1, 0.15) is 22.4 Å². The molecular weight excluding hydrogens is 434 g/mol. The highest BCUT2D eigenvalue weighted by atomic mass is 32.1. The molecule has 0 radical (unpaired) electrons. The summed E-state index contributed by atoms with van der Waals surface area (Å²) in [5.41, 5.74) is 21.5. The average molecular weight is 458 g/mol. The number of nitrogens with two attached hydrogens (primary N) is 2. The summed E-state index contributed by atoms with van der Waals surface area (Å²) in [5.74, 6) is 0. The molecule has 3 nitrogen and oxygen atoms in total. The molecule has 0 saturated heterocycles. The Balaban J connectivity index is 1.47. The summed E-state index contributed by atoms with van der Waals surface area (Å²) in [5, 5.41) is 3.81. The molecule has 1 aliphatic carbocycles. The van der Waals surface area contributed by atoms with Crippen molar-refractivity contribution < 1.29 is 0 Å². The maximum absolute atomic E-state index is 6.24. The van der Waals surface area contributed by atoms with Crippen LogP contribution in [-0.4, -0.2) is 4.57 Å². The molecule has 0 atom stereocenters. The highest BCUT2D eigenvalue weighted by molar-refractivity contribution is 7.20. The number of hydrogen-bond acceptors (Lipinski definition) is 3. The predicted molar refractivity (Wildman–Crippen MR) is 148 cm³/mol. The molecule has 7 rings (SSSR count). The number of hydrogen-bond donors (Lipinski definition) is 2. The molecule has 0 bridgehead atoms. The summed E-state index contributed by atoms with van der Waals surface area (Å²) in [6.45, 7) is 0. The van der Waals surface area contributed by atoms with E-state index in [4.69, 9.17) is 11.5 Å². The third-order valence-corrected chi connectivity index (χ3v) is 8.13. The molecule has 0 saturated carbocycles. The highest BCUT2D eigenvalue weighted by Gasteiger charge is 2.21. The van der Waals surface area contributed by atoms with Gasteiger partial charge in [0.25, 0.3) is 0 Å². The lowest BCUT2D eigenvalue weighted by Crippen LogP contribution is -2.02. The van der Waals surface area contributed by atoms with Crippen LogP contribution >= 0.6 is 11.3 Å². The quantitative estimate of drug-likeness (QED) is 0.262. The standard InChI is InChI=1S/C30H23N3S/c31-19-10-13-23-22-6-2-4-8-27(22)33(28(23)16-19)26-7-3-1-5-21(26)18-9-12-24-25-14-11-20(32)17-30(25)34-29(24)15-18/h1-8,10-11,13-17H,9,12,31-32H2. The number of benzene rings is 4. The number of thiophene rings is 1. The van der Waals surface area contributed by atoms with Crippen LogP contribution in [-0.2, 0) is 6.42 Å². The molecule has 2 aromatic heterocycles. The van der Waals surface area contributed by atoms with Crippen molar-refractivity contribution >= 4 is 66.3 Å². The Morgan fingerprint density at radius 3 is 2.32 bits per heavy atom. The number of para-hydroxylation sites is 2. The van der Waals surface area contributed by atoms with Gasteiger partial charge in [-0.25, -0.2) is 0 Å². The molecule has 0 amide bonds. The van der Waals surface area contributed by atoms with E-state index in [2.05, 4.69) is 83.4 Å². The molecule has 34 heavy (non-hydrogen) atoms. The first-order chi connectivity index (χ1) is 16.7. The van der Waals surface area contributed by atoms with Gasteiger partial charge < -0.3 is 16.0 Å². The molecule has 1 aliphatic rings. The molecule has 164 valence electrons. The second kappa shape index (κ2) is 7.24. The Labute approximate surface area is 201 Å². The van der Waals surface area contributed by atoms with Crippen molar-refractivity contribution in [3.05, 3.63) is 101 Å². The zero-order valence-corrected chi connectivity index (χ0v) is 19.4. The van der Waals surface area contributed by atoms with Gasteiger partial charge in [-0.3, -0.25) is 0 Å². The van der Waals surface area contributed by atoms with Gasteiger partial charge in [0.2, 0.25) is 0 Å². The Kier molecular flexibility index (Phi) is 4.14. The number of fused-ring (bicyclic) bond motifs is 6. The number of allylic oxidation sites excluding steroid dienone is 1. The van der Waals surface area contributed by atoms with E-state index in [-0.39, 0.29) is 0 Å². The fourth-order valence-corrected chi connectivity index (χ4v) is 6.72. The zero-order valence-electron chi connectivity index (χ0n) is 18.6. The van der Waals surface area contributed by atoms with Crippen LogP contribution in [0.3, 0.4) is 0 Å². The van der Waals surface area contributed by atoms with Gasteiger partial charge in [-0.15, -0.1) is 11.3 Å². The summed E-state index contributed by atoms with van der Waals surface area (Å²) in [6, 6.07) is 29.9. The maximum atomic E-state index is 6.24. The fourth-order valence-electron chi connectivity index (χ4n) is 5.45. The summed E-state index contributed by atoms with van der Waals surface area (Å²) >= 11 is 1.84. The van der Waals surface area contributed by atoms with Gasteiger partial charge in [0.05, 0.1) is 16.7 Å². The SMILES string of the molecule is Nc1ccc2c3c(sc2c1)C=C(c1ccccc1-n1c2ccccc2c2ccc(N)cc21)CC3. The van der Waals surface area contributed by atoms with Crippen molar-refractivity contribution in [2.75, 3.05) is 11.5 Å². The molecule has 4 aromatic carbocycles. The Morgan fingerprint density at radius 1 is 0.676 bits per heavy atom. The molecule has 4 N–H and O–H groups in total. The van der Waals surface area contributed by atoms with Crippen LogP contribution in [0.2, 0.25) is 0 Å². The van der Waals surface area contributed by atoms with E-state index in [1.165, 1.54) is 53.6 Å². The molecule has 4 heteroatoms. The van der Waals surface area contributed by atoms with E-state index in [0.29, 0.717) is 0 Å². The van der Waals surface area contributed by atoms with Gasteiger partial charge in [0, 0.05) is 37.3 Å². The predicted octanol–water partition coefficient (Wildman–Crippen LogP) is 7.65. The normalized spacial score (nSPS) is 13.5. The van der Waals surface area contributed by atoms with Crippen LogP contribution in [0.4, 0.5) is 11.4 Å². The van der Waals surface area contributed by atoms with Crippen molar-refractivity contribution in [3.63, 3.8) is 0 Å². The van der Waals surface area contributed by atoms with Crippen molar-refractivity contribution in [1.82, 2.24) is 4.57 Å². The second-order valence-electron chi connectivity index (χ2n) is 9.02. The van der Waals surface area contributed by atoms with Crippen LogP contribution in [0.5, 0.6) is 0 Å². The number of aromatic nitrogens is 1. The third-order valence-electron chi connectivity index (χ3n) is 6.99. The zero-order chi connectivity index (χ0) is 22.8. The van der Waals surface area contributed by atoms with Crippen LogP contribution in [0, 0.1) is 0 Å². The second-order valence-corrected chi connectivity index (χ2v) is 10.1. The molecule has 2 heterocycles. The molecule has 6 aromatic rings. The fraction of sp³-hybridized carbons (Fsp3) is 0.0667. The van der Waals surface area contributed by atoms with Gasteiger partial charge in [0.1, 0.15) is 0 Å². The van der Waals surface area contributed by atoms with Crippen LogP contribution < -0.4 is 11.5 Å². The van der Waals surface area contributed by atoms with Crippen LogP contribution in [0.25, 0.3) is 49.2 Å². The Morgan fingerprint density at radius 2 is 1.41 bits per heavy atom. The van der Waals surface area contributed by atoms with Gasteiger partial charge in [-0.1, -0.05) is 48.5 Å². The molecule has 0 unspecified atom stereocenters. The molecular formula is C30H23N3S. The van der Waals surface area contributed by atoms with E-state index in [0.717, 1.165) is 29.7 Å². The maximum Gasteiger partial charge on any atom is 0.0561 e. The van der Waals surface area contributed by atoms with Crippen LogP contribution in [0.15, 0.2) is 84.9 Å². The monoisotopic (exact) mass is 457 g/mol.